The second-order valence-corrected chi connectivity index (χ2v) is 6.42. The highest BCUT2D eigenvalue weighted by atomic mass is 16.5. The van der Waals surface area contributed by atoms with Gasteiger partial charge in [0.25, 0.3) is 0 Å². The molecule has 1 aliphatic carbocycles. The van der Waals surface area contributed by atoms with Gasteiger partial charge in [0.15, 0.2) is 5.78 Å². The summed E-state index contributed by atoms with van der Waals surface area (Å²) in [4.78, 5) is 12.7. The number of aryl methyl sites for hydroxylation is 2. The maximum atomic E-state index is 12.7. The van der Waals surface area contributed by atoms with Crippen LogP contribution in [0.1, 0.15) is 49.3 Å². The molecule has 2 nitrogen and oxygen atoms in total. The van der Waals surface area contributed by atoms with Crippen molar-refractivity contribution in [1.29, 1.82) is 0 Å². The molecular weight excluding hydrogens is 248 g/mol. The molecule has 110 valence electrons. The number of hydrogen-bond acceptors (Lipinski definition) is 2. The average molecular weight is 274 g/mol. The molecule has 2 rings (SSSR count). The number of rotatable bonds is 4. The zero-order chi connectivity index (χ0) is 14.8. The number of carbonyl (C=O) groups excluding carboxylic acids is 1. The molecule has 0 N–H and O–H groups in total. The highest BCUT2D eigenvalue weighted by Crippen LogP contribution is 2.36. The van der Waals surface area contributed by atoms with Crippen molar-refractivity contribution in [2.75, 3.05) is 7.11 Å². The van der Waals surface area contributed by atoms with Gasteiger partial charge in [0, 0.05) is 13.5 Å². The minimum absolute atomic E-state index is 0.245. The van der Waals surface area contributed by atoms with Crippen LogP contribution < -0.4 is 0 Å². The Balaban J connectivity index is 2.14. The van der Waals surface area contributed by atoms with Gasteiger partial charge in [-0.2, -0.15) is 0 Å². The minimum Gasteiger partial charge on any atom is -0.370 e. The van der Waals surface area contributed by atoms with E-state index in [1.807, 2.05) is 0 Å². The first-order valence-corrected chi connectivity index (χ1v) is 7.61. The summed E-state index contributed by atoms with van der Waals surface area (Å²) < 4.78 is 5.69. The number of benzene rings is 1. The summed E-state index contributed by atoms with van der Waals surface area (Å²) in [5.41, 5.74) is 3.08. The Morgan fingerprint density at radius 2 is 2.10 bits per heavy atom. The normalized spacial score (nSPS) is 26.5. The molecule has 2 unspecified atom stereocenters. The van der Waals surface area contributed by atoms with Crippen molar-refractivity contribution >= 4 is 5.78 Å². The smallest absolute Gasteiger partial charge is 0.168 e. The Morgan fingerprint density at radius 3 is 2.70 bits per heavy atom. The lowest BCUT2D eigenvalue weighted by atomic mass is 9.75. The first kappa shape index (κ1) is 15.2. The zero-order valence-electron chi connectivity index (χ0n) is 13.2. The third-order valence-electron chi connectivity index (χ3n) is 4.79. The topological polar surface area (TPSA) is 26.3 Å². The van der Waals surface area contributed by atoms with Gasteiger partial charge in [-0.3, -0.25) is 4.79 Å². The van der Waals surface area contributed by atoms with Gasteiger partial charge in [0.1, 0.15) is 5.60 Å². The number of ketones is 1. The van der Waals surface area contributed by atoms with E-state index < -0.39 is 5.60 Å². The lowest BCUT2D eigenvalue weighted by Crippen LogP contribution is -2.45. The quantitative estimate of drug-likeness (QED) is 0.829. The van der Waals surface area contributed by atoms with E-state index in [2.05, 4.69) is 39.0 Å². The number of methoxy groups -OCH3 is 1. The van der Waals surface area contributed by atoms with E-state index in [1.54, 1.807) is 7.11 Å². The summed E-state index contributed by atoms with van der Waals surface area (Å²) in [5, 5.41) is 0. The number of hydrogen-bond donors (Lipinski definition) is 0. The fourth-order valence-corrected chi connectivity index (χ4v) is 3.32. The van der Waals surface area contributed by atoms with E-state index in [1.165, 1.54) is 17.5 Å². The van der Waals surface area contributed by atoms with Crippen molar-refractivity contribution in [2.45, 2.75) is 58.5 Å². The third-order valence-corrected chi connectivity index (χ3v) is 4.79. The molecule has 2 atom stereocenters. The fourth-order valence-electron chi connectivity index (χ4n) is 3.32. The molecule has 0 bridgehead atoms. The Bertz CT molecular complexity index is 492. The van der Waals surface area contributed by atoms with Crippen molar-refractivity contribution in [3.63, 3.8) is 0 Å². The molecule has 1 aromatic carbocycles. The molecule has 0 aliphatic heterocycles. The van der Waals surface area contributed by atoms with Crippen LogP contribution in [-0.4, -0.2) is 18.5 Å². The van der Waals surface area contributed by atoms with Gasteiger partial charge in [0.05, 0.1) is 0 Å². The summed E-state index contributed by atoms with van der Waals surface area (Å²) in [6.45, 7) is 6.41. The van der Waals surface area contributed by atoms with E-state index in [4.69, 9.17) is 4.74 Å². The van der Waals surface area contributed by atoms with E-state index in [9.17, 15) is 4.79 Å². The number of carbonyl (C=O) groups is 1. The molecule has 0 aromatic heterocycles. The van der Waals surface area contributed by atoms with Gasteiger partial charge in [-0.15, -0.1) is 0 Å². The standard InChI is InChI=1S/C18H26O2/c1-13-6-5-9-18(12-13,20-4)17(19)11-16-8-7-14(2)15(3)10-16/h7-8,10,13H,5-6,9,11-12H2,1-4H3. The summed E-state index contributed by atoms with van der Waals surface area (Å²) in [7, 11) is 1.69. The first-order valence-electron chi connectivity index (χ1n) is 7.61. The van der Waals surface area contributed by atoms with E-state index >= 15 is 0 Å². The second-order valence-electron chi connectivity index (χ2n) is 6.42. The van der Waals surface area contributed by atoms with E-state index in [0.717, 1.165) is 24.8 Å². The zero-order valence-corrected chi connectivity index (χ0v) is 13.2. The van der Waals surface area contributed by atoms with Crippen molar-refractivity contribution in [3.8, 4) is 0 Å². The lowest BCUT2D eigenvalue weighted by Gasteiger charge is -2.37. The monoisotopic (exact) mass is 274 g/mol. The molecule has 1 aliphatic rings. The third kappa shape index (κ3) is 3.12. The largest absolute Gasteiger partial charge is 0.370 e. The molecule has 1 aromatic rings. The molecule has 0 spiro atoms. The van der Waals surface area contributed by atoms with Crippen LogP contribution >= 0.6 is 0 Å². The molecule has 0 amide bonds. The Morgan fingerprint density at radius 1 is 1.35 bits per heavy atom. The van der Waals surface area contributed by atoms with Gasteiger partial charge < -0.3 is 4.74 Å². The number of Topliss-reactive ketones (excluding diaryl/α,β-unsaturated/α-hetero) is 1. The van der Waals surface area contributed by atoms with Crippen LogP contribution in [0.25, 0.3) is 0 Å². The van der Waals surface area contributed by atoms with Crippen LogP contribution in [0.5, 0.6) is 0 Å². The Labute approximate surface area is 122 Å². The Kier molecular flexibility index (Phi) is 4.64. The minimum atomic E-state index is -0.545. The fraction of sp³-hybridized carbons (Fsp3) is 0.611. The van der Waals surface area contributed by atoms with Crippen LogP contribution in [0.2, 0.25) is 0 Å². The molecular formula is C18H26O2. The molecule has 20 heavy (non-hydrogen) atoms. The van der Waals surface area contributed by atoms with Crippen LogP contribution in [0.15, 0.2) is 18.2 Å². The summed E-state index contributed by atoms with van der Waals surface area (Å²) in [6.07, 6.45) is 4.53. The van der Waals surface area contributed by atoms with Crippen molar-refractivity contribution < 1.29 is 9.53 Å². The summed E-state index contributed by atoms with van der Waals surface area (Å²) in [6, 6.07) is 6.29. The van der Waals surface area contributed by atoms with Gasteiger partial charge in [-0.05, 0) is 55.7 Å². The van der Waals surface area contributed by atoms with Crippen LogP contribution in [0.4, 0.5) is 0 Å². The van der Waals surface area contributed by atoms with Crippen LogP contribution in [-0.2, 0) is 16.0 Å². The van der Waals surface area contributed by atoms with Crippen LogP contribution in [0, 0.1) is 19.8 Å². The Hall–Kier alpha value is -1.15. The SMILES string of the molecule is COC1(C(=O)Cc2ccc(C)c(C)c2)CCCC(C)C1. The lowest BCUT2D eigenvalue weighted by molar-refractivity contribution is -0.146. The van der Waals surface area contributed by atoms with E-state index in [0.29, 0.717) is 12.3 Å². The first-order chi connectivity index (χ1) is 9.47. The summed E-state index contributed by atoms with van der Waals surface area (Å²) in [5.74, 6) is 0.821. The number of ether oxygens (including phenoxy) is 1. The molecule has 0 saturated heterocycles. The summed E-state index contributed by atoms with van der Waals surface area (Å²) >= 11 is 0. The maximum absolute atomic E-state index is 12.7. The van der Waals surface area contributed by atoms with Crippen LogP contribution in [0.3, 0.4) is 0 Å². The second kappa shape index (κ2) is 6.09. The van der Waals surface area contributed by atoms with E-state index in [-0.39, 0.29) is 5.78 Å². The highest BCUT2D eigenvalue weighted by molar-refractivity contribution is 5.89. The van der Waals surface area contributed by atoms with Crippen molar-refractivity contribution in [3.05, 3.63) is 34.9 Å². The predicted octanol–water partition coefficient (Wildman–Crippen LogP) is 4.01. The maximum Gasteiger partial charge on any atom is 0.168 e. The average Bonchev–Trinajstić information content (AvgIpc) is 2.42. The molecule has 0 radical (unpaired) electrons. The molecule has 1 fully saturated rings. The molecule has 1 saturated carbocycles. The van der Waals surface area contributed by atoms with Gasteiger partial charge in [0.2, 0.25) is 0 Å². The predicted molar refractivity (Wildman–Crippen MR) is 82.0 cm³/mol. The highest BCUT2D eigenvalue weighted by Gasteiger charge is 2.41. The molecule has 0 heterocycles. The van der Waals surface area contributed by atoms with Gasteiger partial charge in [-0.1, -0.05) is 31.5 Å². The van der Waals surface area contributed by atoms with Crippen molar-refractivity contribution in [1.82, 2.24) is 0 Å². The van der Waals surface area contributed by atoms with Crippen molar-refractivity contribution in [2.24, 2.45) is 5.92 Å². The van der Waals surface area contributed by atoms with Gasteiger partial charge in [-0.25, -0.2) is 0 Å². The van der Waals surface area contributed by atoms with Gasteiger partial charge >= 0.3 is 0 Å². The molecule has 2 heteroatoms.